The van der Waals surface area contributed by atoms with Crippen LogP contribution in [0, 0.1) is 6.92 Å². The Kier molecular flexibility index (Phi) is 6.45. The first kappa shape index (κ1) is 19.6. The van der Waals surface area contributed by atoms with E-state index in [1.165, 1.54) is 0 Å². The van der Waals surface area contributed by atoms with E-state index in [2.05, 4.69) is 20.6 Å². The summed E-state index contributed by atoms with van der Waals surface area (Å²) >= 11 is 6.20. The number of ether oxygens (including phenoxy) is 1. The van der Waals surface area contributed by atoms with E-state index in [0.717, 1.165) is 5.56 Å². The van der Waals surface area contributed by atoms with Crippen molar-refractivity contribution in [3.05, 3.63) is 76.6 Å². The highest BCUT2D eigenvalue weighted by Crippen LogP contribution is 2.23. The highest BCUT2D eigenvalue weighted by molar-refractivity contribution is 6.31. The van der Waals surface area contributed by atoms with Gasteiger partial charge in [0.1, 0.15) is 17.5 Å². The van der Waals surface area contributed by atoms with Crippen molar-refractivity contribution in [2.24, 2.45) is 0 Å². The molecule has 3 rings (SSSR count). The Morgan fingerprint density at radius 3 is 2.57 bits per heavy atom. The number of hydrogen-bond acceptors (Lipinski definition) is 6. The molecule has 0 amide bonds. The first-order valence-corrected chi connectivity index (χ1v) is 9.30. The lowest BCUT2D eigenvalue weighted by Crippen LogP contribution is -2.09. The summed E-state index contributed by atoms with van der Waals surface area (Å²) in [6.07, 6.45) is 0. The van der Waals surface area contributed by atoms with E-state index in [0.29, 0.717) is 46.9 Å². The standard InChI is InChI=1S/C21H21ClN4O2/c1-3-28-21(27)16-9-5-7-11-18(16)26-20-12-19(24-14(2)25-20)23-13-15-8-4-6-10-17(15)22/h4-12H,3,13H2,1-2H3,(H2,23,24,25,26). The number of aryl methyl sites for hydroxylation is 1. The van der Waals surface area contributed by atoms with Crippen molar-refractivity contribution in [3.63, 3.8) is 0 Å². The molecule has 144 valence electrons. The minimum absolute atomic E-state index is 0.315. The SMILES string of the molecule is CCOC(=O)c1ccccc1Nc1cc(NCc2ccccc2Cl)nc(C)n1. The van der Waals surface area contributed by atoms with E-state index in [-0.39, 0.29) is 5.97 Å². The maximum atomic E-state index is 12.2. The number of rotatable bonds is 7. The molecule has 0 saturated heterocycles. The van der Waals surface area contributed by atoms with Crippen LogP contribution in [0.3, 0.4) is 0 Å². The van der Waals surface area contributed by atoms with Gasteiger partial charge in [-0.25, -0.2) is 14.8 Å². The summed E-state index contributed by atoms with van der Waals surface area (Å²) in [5, 5.41) is 7.14. The van der Waals surface area contributed by atoms with Gasteiger partial charge in [-0.15, -0.1) is 0 Å². The van der Waals surface area contributed by atoms with E-state index < -0.39 is 0 Å². The molecule has 7 heteroatoms. The number of halogens is 1. The van der Waals surface area contributed by atoms with Gasteiger partial charge in [0.2, 0.25) is 0 Å². The molecule has 0 saturated carbocycles. The van der Waals surface area contributed by atoms with Crippen molar-refractivity contribution in [1.82, 2.24) is 9.97 Å². The minimum atomic E-state index is -0.381. The zero-order valence-electron chi connectivity index (χ0n) is 15.7. The van der Waals surface area contributed by atoms with Crippen LogP contribution >= 0.6 is 11.6 Å². The number of anilines is 3. The van der Waals surface area contributed by atoms with Gasteiger partial charge in [-0.3, -0.25) is 0 Å². The predicted octanol–water partition coefficient (Wildman–Crippen LogP) is 4.97. The van der Waals surface area contributed by atoms with Crippen LogP contribution in [0.5, 0.6) is 0 Å². The van der Waals surface area contributed by atoms with Gasteiger partial charge in [0.25, 0.3) is 0 Å². The highest BCUT2D eigenvalue weighted by atomic mass is 35.5. The normalized spacial score (nSPS) is 10.4. The average Bonchev–Trinajstić information content (AvgIpc) is 2.67. The molecular weight excluding hydrogens is 376 g/mol. The number of esters is 1. The van der Waals surface area contributed by atoms with Gasteiger partial charge >= 0.3 is 5.97 Å². The maximum absolute atomic E-state index is 12.2. The molecule has 28 heavy (non-hydrogen) atoms. The fraction of sp³-hybridized carbons (Fsp3) is 0.190. The van der Waals surface area contributed by atoms with Gasteiger partial charge in [-0.05, 0) is 37.6 Å². The number of benzene rings is 2. The number of carbonyl (C=O) groups excluding carboxylic acids is 1. The lowest BCUT2D eigenvalue weighted by atomic mass is 10.2. The number of aromatic nitrogens is 2. The van der Waals surface area contributed by atoms with Gasteiger partial charge in [-0.2, -0.15) is 0 Å². The van der Waals surface area contributed by atoms with E-state index >= 15 is 0 Å². The molecule has 0 spiro atoms. The molecular formula is C21H21ClN4O2. The zero-order valence-corrected chi connectivity index (χ0v) is 16.5. The summed E-state index contributed by atoms with van der Waals surface area (Å²) in [5.74, 6) is 1.45. The quantitative estimate of drug-likeness (QED) is 0.549. The summed E-state index contributed by atoms with van der Waals surface area (Å²) < 4.78 is 5.12. The Bertz CT molecular complexity index is 978. The third-order valence-corrected chi connectivity index (χ3v) is 4.31. The number of para-hydroxylation sites is 1. The molecule has 2 N–H and O–H groups in total. The van der Waals surface area contributed by atoms with Crippen LogP contribution in [0.15, 0.2) is 54.6 Å². The Morgan fingerprint density at radius 1 is 1.07 bits per heavy atom. The number of carbonyl (C=O) groups is 1. The van der Waals surface area contributed by atoms with E-state index in [1.807, 2.05) is 37.3 Å². The van der Waals surface area contributed by atoms with Crippen molar-refractivity contribution in [2.75, 3.05) is 17.2 Å². The first-order chi connectivity index (χ1) is 13.6. The Labute approximate surface area is 168 Å². The lowest BCUT2D eigenvalue weighted by molar-refractivity contribution is 0.0527. The van der Waals surface area contributed by atoms with Gasteiger partial charge in [0.15, 0.2) is 0 Å². The van der Waals surface area contributed by atoms with Gasteiger partial charge in [0.05, 0.1) is 17.9 Å². The fourth-order valence-electron chi connectivity index (χ4n) is 2.67. The second-order valence-corrected chi connectivity index (χ2v) is 6.43. The fourth-order valence-corrected chi connectivity index (χ4v) is 2.87. The smallest absolute Gasteiger partial charge is 0.340 e. The Balaban J connectivity index is 1.79. The molecule has 0 aliphatic rings. The molecule has 0 fully saturated rings. The van der Waals surface area contributed by atoms with Crippen molar-refractivity contribution in [1.29, 1.82) is 0 Å². The van der Waals surface area contributed by atoms with Crippen LogP contribution in [0.25, 0.3) is 0 Å². The van der Waals surface area contributed by atoms with Crippen molar-refractivity contribution >= 4 is 34.9 Å². The van der Waals surface area contributed by atoms with Crippen LogP contribution in [0.4, 0.5) is 17.3 Å². The zero-order chi connectivity index (χ0) is 19.9. The molecule has 0 unspecified atom stereocenters. The number of nitrogens with one attached hydrogen (secondary N) is 2. The molecule has 0 aliphatic heterocycles. The number of hydrogen-bond donors (Lipinski definition) is 2. The molecule has 0 radical (unpaired) electrons. The van der Waals surface area contributed by atoms with E-state index in [1.54, 1.807) is 31.2 Å². The third-order valence-electron chi connectivity index (χ3n) is 3.94. The molecule has 1 heterocycles. The molecule has 0 atom stereocenters. The molecule has 3 aromatic rings. The Hall–Kier alpha value is -3.12. The van der Waals surface area contributed by atoms with Gasteiger partial charge in [0, 0.05) is 17.6 Å². The summed E-state index contributed by atoms with van der Waals surface area (Å²) in [4.78, 5) is 21.0. The second kappa shape index (κ2) is 9.19. The molecule has 1 aromatic heterocycles. The maximum Gasteiger partial charge on any atom is 0.340 e. The summed E-state index contributed by atoms with van der Waals surface area (Å²) in [6, 6.07) is 16.6. The van der Waals surface area contributed by atoms with Crippen LogP contribution in [-0.2, 0) is 11.3 Å². The summed E-state index contributed by atoms with van der Waals surface area (Å²) in [5.41, 5.74) is 2.05. The topological polar surface area (TPSA) is 76.1 Å². The lowest BCUT2D eigenvalue weighted by Gasteiger charge is -2.13. The Morgan fingerprint density at radius 2 is 1.79 bits per heavy atom. The average molecular weight is 397 g/mol. The molecule has 2 aromatic carbocycles. The predicted molar refractivity (Wildman–Crippen MR) is 111 cm³/mol. The van der Waals surface area contributed by atoms with Crippen molar-refractivity contribution in [3.8, 4) is 0 Å². The molecule has 0 bridgehead atoms. The second-order valence-electron chi connectivity index (χ2n) is 6.02. The third kappa shape index (κ3) is 4.98. The van der Waals surface area contributed by atoms with Crippen molar-refractivity contribution in [2.45, 2.75) is 20.4 Å². The van der Waals surface area contributed by atoms with E-state index in [4.69, 9.17) is 16.3 Å². The first-order valence-electron chi connectivity index (χ1n) is 8.93. The van der Waals surface area contributed by atoms with Gasteiger partial charge in [-0.1, -0.05) is 41.9 Å². The largest absolute Gasteiger partial charge is 0.462 e. The summed E-state index contributed by atoms with van der Waals surface area (Å²) in [7, 11) is 0. The van der Waals surface area contributed by atoms with E-state index in [9.17, 15) is 4.79 Å². The highest BCUT2D eigenvalue weighted by Gasteiger charge is 2.13. The minimum Gasteiger partial charge on any atom is -0.462 e. The van der Waals surface area contributed by atoms with Crippen molar-refractivity contribution < 1.29 is 9.53 Å². The van der Waals surface area contributed by atoms with Crippen LogP contribution in [0.2, 0.25) is 5.02 Å². The van der Waals surface area contributed by atoms with Crippen LogP contribution in [0.1, 0.15) is 28.7 Å². The van der Waals surface area contributed by atoms with Crippen LogP contribution in [-0.4, -0.2) is 22.5 Å². The monoisotopic (exact) mass is 396 g/mol. The number of nitrogens with zero attached hydrogens (tertiary/aromatic N) is 2. The molecule has 0 aliphatic carbocycles. The molecule has 6 nitrogen and oxygen atoms in total. The summed E-state index contributed by atoms with van der Waals surface area (Å²) in [6.45, 7) is 4.44. The van der Waals surface area contributed by atoms with Crippen LogP contribution < -0.4 is 10.6 Å². The van der Waals surface area contributed by atoms with Gasteiger partial charge < -0.3 is 15.4 Å².